The maximum atomic E-state index is 12.0. The summed E-state index contributed by atoms with van der Waals surface area (Å²) in [7, 11) is 0. The normalized spacial score (nSPS) is 11.4. The summed E-state index contributed by atoms with van der Waals surface area (Å²) < 4.78 is 39.5. The predicted octanol–water partition coefficient (Wildman–Crippen LogP) is 1.69. The average Bonchev–Trinajstić information content (AvgIpc) is 2.13. The maximum Gasteiger partial charge on any atom is 0.574 e. The van der Waals surface area contributed by atoms with E-state index in [1.165, 1.54) is 6.92 Å². The topological polar surface area (TPSA) is 85.5 Å². The Morgan fingerprint density at radius 1 is 1.59 bits per heavy atom. The van der Waals surface area contributed by atoms with Crippen molar-refractivity contribution in [2.45, 2.75) is 19.9 Å². The van der Waals surface area contributed by atoms with Gasteiger partial charge < -0.3 is 9.84 Å². The van der Waals surface area contributed by atoms with Gasteiger partial charge in [0.05, 0.1) is 17.2 Å². The van der Waals surface area contributed by atoms with Crippen LogP contribution in [-0.2, 0) is 6.61 Å². The molecule has 6 nitrogen and oxygen atoms in total. The molecular weight excluding hydrogens is 245 g/mol. The quantitative estimate of drug-likeness (QED) is 0.653. The Morgan fingerprint density at radius 2 is 2.18 bits per heavy atom. The Bertz CT molecular complexity index is 447. The van der Waals surface area contributed by atoms with Crippen molar-refractivity contribution in [2.75, 3.05) is 0 Å². The van der Waals surface area contributed by atoms with Crippen LogP contribution in [0, 0.1) is 17.0 Å². The van der Waals surface area contributed by atoms with Crippen molar-refractivity contribution in [3.63, 3.8) is 0 Å². The van der Waals surface area contributed by atoms with Gasteiger partial charge in [-0.3, -0.25) is 10.1 Å². The van der Waals surface area contributed by atoms with Gasteiger partial charge in [0.1, 0.15) is 0 Å². The zero-order chi connectivity index (χ0) is 13.2. The number of ether oxygens (including phenoxy) is 1. The fraction of sp³-hybridized carbons (Fsp3) is 0.375. The number of rotatable bonds is 3. The number of nitrogens with zero attached hydrogens (tertiary/aromatic N) is 2. The molecule has 0 fully saturated rings. The summed E-state index contributed by atoms with van der Waals surface area (Å²) in [6.45, 7) is 0.579. The van der Waals surface area contributed by atoms with E-state index in [2.05, 4.69) is 9.72 Å². The number of aromatic nitrogens is 1. The van der Waals surface area contributed by atoms with E-state index in [1.54, 1.807) is 0 Å². The summed E-state index contributed by atoms with van der Waals surface area (Å²) in [6, 6.07) is 1.11. The third-order valence-electron chi connectivity index (χ3n) is 1.76. The molecule has 0 atom stereocenters. The van der Waals surface area contributed by atoms with E-state index in [0.29, 0.717) is 0 Å². The van der Waals surface area contributed by atoms with E-state index in [9.17, 15) is 23.3 Å². The second-order valence-electron chi connectivity index (χ2n) is 3.05. The van der Waals surface area contributed by atoms with Crippen molar-refractivity contribution >= 4 is 5.69 Å². The van der Waals surface area contributed by atoms with Gasteiger partial charge in [0, 0.05) is 5.56 Å². The number of nitro groups is 1. The molecule has 1 aromatic rings. The minimum absolute atomic E-state index is 0.0756. The second-order valence-corrected chi connectivity index (χ2v) is 3.05. The summed E-state index contributed by atoms with van der Waals surface area (Å²) in [5, 5.41) is 19.3. The lowest BCUT2D eigenvalue weighted by atomic mass is 10.2. The molecule has 0 aromatic carbocycles. The molecule has 0 aliphatic rings. The van der Waals surface area contributed by atoms with E-state index in [1.807, 2.05) is 0 Å². The summed E-state index contributed by atoms with van der Waals surface area (Å²) in [6.07, 6.45) is -5.09. The lowest BCUT2D eigenvalue weighted by Crippen LogP contribution is -2.19. The van der Waals surface area contributed by atoms with Gasteiger partial charge in [-0.1, -0.05) is 0 Å². The molecule has 94 valence electrons. The molecule has 0 spiro atoms. The van der Waals surface area contributed by atoms with Gasteiger partial charge in [-0.05, 0) is 13.0 Å². The molecule has 0 amide bonds. The second kappa shape index (κ2) is 4.53. The van der Waals surface area contributed by atoms with Crippen molar-refractivity contribution in [2.24, 2.45) is 0 Å². The first-order chi connectivity index (χ1) is 7.74. The Labute approximate surface area is 92.8 Å². The van der Waals surface area contributed by atoms with Crippen LogP contribution in [0.5, 0.6) is 5.88 Å². The number of hydrogen-bond donors (Lipinski definition) is 1. The first kappa shape index (κ1) is 13.2. The van der Waals surface area contributed by atoms with E-state index in [0.717, 1.165) is 6.07 Å². The van der Waals surface area contributed by atoms with Crippen LogP contribution in [0.3, 0.4) is 0 Å². The van der Waals surface area contributed by atoms with Crippen molar-refractivity contribution in [1.29, 1.82) is 0 Å². The van der Waals surface area contributed by atoms with Gasteiger partial charge in [-0.25, -0.2) is 4.98 Å². The van der Waals surface area contributed by atoms with Crippen LogP contribution >= 0.6 is 0 Å². The van der Waals surface area contributed by atoms with Crippen molar-refractivity contribution in [1.82, 2.24) is 4.98 Å². The molecule has 0 aliphatic carbocycles. The zero-order valence-corrected chi connectivity index (χ0v) is 8.48. The maximum absolute atomic E-state index is 12.0. The Hall–Kier alpha value is -1.90. The molecule has 0 saturated heterocycles. The lowest BCUT2D eigenvalue weighted by Gasteiger charge is -2.10. The number of aliphatic hydroxyl groups is 1. The predicted molar refractivity (Wildman–Crippen MR) is 48.2 cm³/mol. The highest BCUT2D eigenvalue weighted by atomic mass is 19.4. The standard InChI is InChI=1S/C8H7F3N2O4/c1-4-2-5(3-14)12-7(6(4)13(15)16)17-8(9,10)11/h2,14H,3H2,1H3. The van der Waals surface area contributed by atoms with Crippen LogP contribution in [-0.4, -0.2) is 21.4 Å². The smallest absolute Gasteiger partial charge is 0.390 e. The highest BCUT2D eigenvalue weighted by Crippen LogP contribution is 2.33. The van der Waals surface area contributed by atoms with Gasteiger partial charge in [-0.15, -0.1) is 13.2 Å². The molecule has 0 radical (unpaired) electrons. The van der Waals surface area contributed by atoms with E-state index < -0.39 is 29.5 Å². The minimum atomic E-state index is -5.09. The zero-order valence-electron chi connectivity index (χ0n) is 8.48. The largest absolute Gasteiger partial charge is 0.574 e. The number of pyridine rings is 1. The van der Waals surface area contributed by atoms with Gasteiger partial charge in [0.15, 0.2) is 0 Å². The highest BCUT2D eigenvalue weighted by molar-refractivity contribution is 5.48. The first-order valence-electron chi connectivity index (χ1n) is 4.26. The summed E-state index contributed by atoms with van der Waals surface area (Å²) in [5.41, 5.74) is -1.10. The fourth-order valence-corrected chi connectivity index (χ4v) is 1.19. The third-order valence-corrected chi connectivity index (χ3v) is 1.76. The summed E-state index contributed by atoms with van der Waals surface area (Å²) >= 11 is 0. The van der Waals surface area contributed by atoms with Crippen LogP contribution < -0.4 is 4.74 Å². The summed E-state index contributed by atoms with van der Waals surface area (Å²) in [5.74, 6) is -1.17. The summed E-state index contributed by atoms with van der Waals surface area (Å²) in [4.78, 5) is 12.8. The van der Waals surface area contributed by atoms with Crippen LogP contribution in [0.2, 0.25) is 0 Å². The Morgan fingerprint density at radius 3 is 2.59 bits per heavy atom. The molecule has 0 aliphatic heterocycles. The number of alkyl halides is 3. The van der Waals surface area contributed by atoms with Gasteiger partial charge in [0.2, 0.25) is 0 Å². The molecule has 1 rings (SSSR count). The molecular formula is C8H7F3N2O4. The molecule has 0 saturated carbocycles. The molecule has 0 bridgehead atoms. The third kappa shape index (κ3) is 3.28. The minimum Gasteiger partial charge on any atom is -0.390 e. The van der Waals surface area contributed by atoms with E-state index in [-0.39, 0.29) is 11.3 Å². The van der Waals surface area contributed by atoms with Crippen LogP contribution in [0.4, 0.5) is 18.9 Å². The SMILES string of the molecule is Cc1cc(CO)nc(OC(F)(F)F)c1[N+](=O)[O-]. The fourth-order valence-electron chi connectivity index (χ4n) is 1.19. The monoisotopic (exact) mass is 252 g/mol. The van der Waals surface area contributed by atoms with E-state index >= 15 is 0 Å². The number of halogens is 3. The number of hydrogen-bond acceptors (Lipinski definition) is 5. The van der Waals surface area contributed by atoms with Crippen molar-refractivity contribution < 1.29 is 27.9 Å². The molecule has 17 heavy (non-hydrogen) atoms. The Balaban J connectivity index is 3.32. The number of aryl methyl sites for hydroxylation is 1. The van der Waals surface area contributed by atoms with Crippen molar-refractivity contribution in [3.05, 3.63) is 27.4 Å². The van der Waals surface area contributed by atoms with Crippen LogP contribution in [0.1, 0.15) is 11.3 Å². The molecule has 1 heterocycles. The highest BCUT2D eigenvalue weighted by Gasteiger charge is 2.36. The Kier molecular flexibility index (Phi) is 3.51. The molecule has 9 heteroatoms. The van der Waals surface area contributed by atoms with Crippen LogP contribution in [0.15, 0.2) is 6.07 Å². The molecule has 0 unspecified atom stereocenters. The van der Waals surface area contributed by atoms with E-state index in [4.69, 9.17) is 5.11 Å². The van der Waals surface area contributed by atoms with Gasteiger partial charge >= 0.3 is 17.9 Å². The molecule has 1 N–H and O–H groups in total. The first-order valence-corrected chi connectivity index (χ1v) is 4.26. The van der Waals surface area contributed by atoms with Crippen LogP contribution in [0.25, 0.3) is 0 Å². The molecule has 1 aromatic heterocycles. The number of aliphatic hydroxyl groups excluding tert-OH is 1. The average molecular weight is 252 g/mol. The lowest BCUT2D eigenvalue weighted by molar-refractivity contribution is -0.389. The van der Waals surface area contributed by atoms with Crippen molar-refractivity contribution in [3.8, 4) is 5.88 Å². The van der Waals surface area contributed by atoms with Gasteiger partial charge in [0.25, 0.3) is 0 Å². The van der Waals surface area contributed by atoms with Gasteiger partial charge in [-0.2, -0.15) is 0 Å².